The molecule has 0 fully saturated rings. The predicted octanol–water partition coefficient (Wildman–Crippen LogP) is 1.84. The summed E-state index contributed by atoms with van der Waals surface area (Å²) in [6.07, 6.45) is 4.24. The molecule has 9 nitrogen and oxygen atoms in total. The minimum atomic E-state index is -0.973. The van der Waals surface area contributed by atoms with Crippen LogP contribution in [0.5, 0.6) is 5.75 Å². The number of aromatic hydroxyl groups is 1. The van der Waals surface area contributed by atoms with Gasteiger partial charge >= 0.3 is 0 Å². The van der Waals surface area contributed by atoms with Gasteiger partial charge in [-0.3, -0.25) is 24.1 Å². The van der Waals surface area contributed by atoms with Crippen molar-refractivity contribution in [3.8, 4) is 5.75 Å². The molecule has 0 atom stereocenters. The molecule has 0 bridgehead atoms. The van der Waals surface area contributed by atoms with Gasteiger partial charge in [-0.1, -0.05) is 24.9 Å². The Morgan fingerprint density at radius 3 is 2.77 bits per heavy atom. The summed E-state index contributed by atoms with van der Waals surface area (Å²) in [5.74, 6) is -2.88. The number of unbranched alkanes of at least 4 members (excludes halogenated alkanes) is 1. The van der Waals surface area contributed by atoms with Crippen LogP contribution in [-0.4, -0.2) is 51.2 Å². The number of amides is 2. The normalized spacial score (nSPS) is 13.4. The minimum Gasteiger partial charge on any atom is -0.502 e. The minimum absolute atomic E-state index is 0.0916. The third-order valence-electron chi connectivity index (χ3n) is 5.06. The number of rotatable bonds is 7. The highest BCUT2D eigenvalue weighted by Gasteiger charge is 2.33. The second-order valence-corrected chi connectivity index (χ2v) is 7.42. The predicted molar refractivity (Wildman–Crippen MR) is 112 cm³/mol. The van der Waals surface area contributed by atoms with Crippen molar-refractivity contribution < 1.29 is 19.1 Å². The molecule has 0 aromatic carbocycles. The van der Waals surface area contributed by atoms with Gasteiger partial charge < -0.3 is 15.3 Å². The summed E-state index contributed by atoms with van der Waals surface area (Å²) in [5.41, 5.74) is -1.42. The third kappa shape index (κ3) is 4.34. The number of aromatic nitrogens is 2. The molecule has 2 N–H and O–H groups in total. The zero-order valence-corrected chi connectivity index (χ0v) is 17.9. The zero-order chi connectivity index (χ0) is 22.7. The van der Waals surface area contributed by atoms with Crippen molar-refractivity contribution in [2.24, 2.45) is 0 Å². The first-order valence-electron chi connectivity index (χ1n) is 9.90. The maximum absolute atomic E-state index is 14.0. The highest BCUT2D eigenvalue weighted by molar-refractivity contribution is 6.29. The molecule has 11 heteroatoms. The van der Waals surface area contributed by atoms with Gasteiger partial charge in [-0.15, -0.1) is 0 Å². The van der Waals surface area contributed by atoms with E-state index in [4.69, 9.17) is 11.6 Å². The van der Waals surface area contributed by atoms with Crippen LogP contribution in [0.15, 0.2) is 23.3 Å². The van der Waals surface area contributed by atoms with Crippen LogP contribution in [0, 0.1) is 5.82 Å². The van der Waals surface area contributed by atoms with Crippen LogP contribution >= 0.6 is 11.6 Å². The summed E-state index contributed by atoms with van der Waals surface area (Å²) in [5, 5.41) is 14.4. The highest BCUT2D eigenvalue weighted by atomic mass is 35.5. The quantitative estimate of drug-likeness (QED) is 0.622. The first-order valence-corrected chi connectivity index (χ1v) is 10.3. The van der Waals surface area contributed by atoms with E-state index in [1.807, 2.05) is 6.92 Å². The van der Waals surface area contributed by atoms with Crippen molar-refractivity contribution >= 4 is 23.4 Å². The first kappa shape index (κ1) is 22.5. The molecule has 1 aliphatic rings. The van der Waals surface area contributed by atoms with Crippen molar-refractivity contribution in [1.29, 1.82) is 0 Å². The number of hydrogen-bond acceptors (Lipinski definition) is 6. The second kappa shape index (κ2) is 9.34. The highest BCUT2D eigenvalue weighted by Crippen LogP contribution is 2.21. The number of halogens is 2. The summed E-state index contributed by atoms with van der Waals surface area (Å²) in [7, 11) is 0. The number of carbonyl (C=O) groups excluding carboxylic acids is 2. The Bertz CT molecular complexity index is 1070. The molecule has 1 aliphatic heterocycles. The standard InChI is InChI=1S/C20H23ClFN5O4/c1-3-5-8-26-11-25(4-2)20(31)15-17(29)16(28)13(10-27(15)26)19(30)24-9-12-6-7-23-18(21)14(12)22/h6-7,10,29H,3-5,8-9,11H2,1-2H3,(H,24,30). The zero-order valence-electron chi connectivity index (χ0n) is 17.2. The van der Waals surface area contributed by atoms with E-state index in [1.54, 1.807) is 11.9 Å². The number of hydrogen-bond donors (Lipinski definition) is 2. The van der Waals surface area contributed by atoms with E-state index in [1.165, 1.54) is 28.0 Å². The lowest BCUT2D eigenvalue weighted by Gasteiger charge is -2.39. The number of pyridine rings is 2. The summed E-state index contributed by atoms with van der Waals surface area (Å²) < 4.78 is 15.4. The SMILES string of the molecule is CCCCN1CN(CC)C(=O)c2c(O)c(=O)c(C(=O)NCc3ccnc(Cl)c3F)cn21. The van der Waals surface area contributed by atoms with E-state index < -0.39 is 28.8 Å². The second-order valence-electron chi connectivity index (χ2n) is 7.06. The van der Waals surface area contributed by atoms with E-state index in [0.717, 1.165) is 12.8 Å². The van der Waals surface area contributed by atoms with Gasteiger partial charge in [0.15, 0.2) is 22.4 Å². The number of fused-ring (bicyclic) bond motifs is 1. The summed E-state index contributed by atoms with van der Waals surface area (Å²) in [6.45, 7) is 4.78. The van der Waals surface area contributed by atoms with Crippen LogP contribution < -0.4 is 15.8 Å². The Labute approximate surface area is 183 Å². The molecule has 3 heterocycles. The van der Waals surface area contributed by atoms with Crippen LogP contribution in [0.3, 0.4) is 0 Å². The Morgan fingerprint density at radius 1 is 1.35 bits per heavy atom. The van der Waals surface area contributed by atoms with Gasteiger partial charge in [0, 0.05) is 37.6 Å². The molecule has 31 heavy (non-hydrogen) atoms. The number of nitrogens with one attached hydrogen (secondary N) is 1. The number of carbonyl (C=O) groups is 2. The molecule has 2 aromatic heterocycles. The molecule has 2 amide bonds. The molecule has 166 valence electrons. The van der Waals surface area contributed by atoms with Crippen LogP contribution in [-0.2, 0) is 6.54 Å². The number of nitrogens with zero attached hydrogens (tertiary/aromatic N) is 4. The van der Waals surface area contributed by atoms with Crippen LogP contribution in [0.2, 0.25) is 5.15 Å². The van der Waals surface area contributed by atoms with Gasteiger partial charge in [0.25, 0.3) is 11.8 Å². The molecular formula is C20H23ClFN5O4. The van der Waals surface area contributed by atoms with Gasteiger partial charge in [-0.2, -0.15) is 0 Å². The lowest BCUT2D eigenvalue weighted by molar-refractivity contribution is 0.0695. The average molecular weight is 452 g/mol. The smallest absolute Gasteiger partial charge is 0.277 e. The van der Waals surface area contributed by atoms with Crippen molar-refractivity contribution in [3.63, 3.8) is 0 Å². The molecule has 0 saturated carbocycles. The molecule has 3 rings (SSSR count). The third-order valence-corrected chi connectivity index (χ3v) is 5.32. The van der Waals surface area contributed by atoms with Crippen molar-refractivity contribution in [2.45, 2.75) is 33.2 Å². The molecule has 0 unspecified atom stereocenters. The molecular weight excluding hydrogens is 429 g/mol. The fourth-order valence-electron chi connectivity index (χ4n) is 3.28. The van der Waals surface area contributed by atoms with Crippen LogP contribution in [0.25, 0.3) is 0 Å². The average Bonchev–Trinajstić information content (AvgIpc) is 2.76. The van der Waals surface area contributed by atoms with Crippen molar-refractivity contribution in [3.05, 3.63) is 56.5 Å². The van der Waals surface area contributed by atoms with E-state index in [0.29, 0.717) is 13.1 Å². The summed E-state index contributed by atoms with van der Waals surface area (Å²) in [6, 6.07) is 1.35. The van der Waals surface area contributed by atoms with Gasteiger partial charge in [-0.25, -0.2) is 9.37 Å². The van der Waals surface area contributed by atoms with E-state index in [2.05, 4.69) is 10.3 Å². The fourth-order valence-corrected chi connectivity index (χ4v) is 3.45. The van der Waals surface area contributed by atoms with Crippen LogP contribution in [0.4, 0.5) is 4.39 Å². The van der Waals surface area contributed by atoms with Gasteiger partial charge in [0.2, 0.25) is 5.43 Å². The molecule has 0 saturated heterocycles. The van der Waals surface area contributed by atoms with E-state index in [9.17, 15) is 23.9 Å². The fraction of sp³-hybridized carbons (Fsp3) is 0.400. The summed E-state index contributed by atoms with van der Waals surface area (Å²) >= 11 is 5.64. The molecule has 0 aliphatic carbocycles. The topological polar surface area (TPSA) is 108 Å². The maximum Gasteiger partial charge on any atom is 0.277 e. The molecule has 0 spiro atoms. The monoisotopic (exact) mass is 451 g/mol. The summed E-state index contributed by atoms with van der Waals surface area (Å²) in [4.78, 5) is 43.2. The maximum atomic E-state index is 14.0. The Kier molecular flexibility index (Phi) is 6.79. The van der Waals surface area contributed by atoms with Gasteiger partial charge in [0.1, 0.15) is 12.2 Å². The largest absolute Gasteiger partial charge is 0.502 e. The van der Waals surface area contributed by atoms with Gasteiger partial charge in [0.05, 0.1) is 0 Å². The van der Waals surface area contributed by atoms with Crippen molar-refractivity contribution in [1.82, 2.24) is 19.9 Å². The lowest BCUT2D eigenvalue weighted by atomic mass is 10.1. The first-order chi connectivity index (χ1) is 14.8. The van der Waals surface area contributed by atoms with E-state index >= 15 is 0 Å². The molecule has 0 radical (unpaired) electrons. The Hall–Kier alpha value is -3.14. The van der Waals surface area contributed by atoms with E-state index in [-0.39, 0.29) is 35.2 Å². The van der Waals surface area contributed by atoms with Crippen molar-refractivity contribution in [2.75, 3.05) is 24.8 Å². The lowest BCUT2D eigenvalue weighted by Crippen LogP contribution is -2.54. The molecule has 2 aromatic rings. The van der Waals surface area contributed by atoms with Crippen LogP contribution in [0.1, 0.15) is 53.1 Å². The van der Waals surface area contributed by atoms with Gasteiger partial charge in [-0.05, 0) is 19.4 Å². The Balaban J connectivity index is 1.96. The Morgan fingerprint density at radius 2 is 2.10 bits per heavy atom.